The second-order valence-corrected chi connectivity index (χ2v) is 9.66. The molecule has 0 radical (unpaired) electrons. The zero-order valence-corrected chi connectivity index (χ0v) is 21.3. The number of nitrogens with two attached hydrogens (primary N) is 1. The predicted octanol–water partition coefficient (Wildman–Crippen LogP) is 4.60. The van der Waals surface area contributed by atoms with E-state index in [1.54, 1.807) is 0 Å². The Morgan fingerprint density at radius 3 is 2.64 bits per heavy atom. The van der Waals surface area contributed by atoms with Crippen molar-refractivity contribution in [2.24, 2.45) is 0 Å². The summed E-state index contributed by atoms with van der Waals surface area (Å²) in [6.45, 7) is 8.82. The first-order valence-electron chi connectivity index (χ1n) is 12.8. The molecular weight excluding hydrogens is 452 g/mol. The van der Waals surface area contributed by atoms with Gasteiger partial charge in [-0.1, -0.05) is 31.5 Å². The second-order valence-electron chi connectivity index (χ2n) is 9.66. The molecule has 2 aromatic heterocycles. The Balaban J connectivity index is 1.57. The van der Waals surface area contributed by atoms with Crippen molar-refractivity contribution in [1.82, 2.24) is 19.5 Å². The van der Waals surface area contributed by atoms with Crippen molar-refractivity contribution in [3.63, 3.8) is 0 Å². The number of rotatable bonds is 7. The Bertz CT molecular complexity index is 1400. The van der Waals surface area contributed by atoms with Crippen LogP contribution in [0.15, 0.2) is 42.5 Å². The quantitative estimate of drug-likeness (QED) is 0.396. The third-order valence-electron chi connectivity index (χ3n) is 6.57. The van der Waals surface area contributed by atoms with Crippen LogP contribution in [0.3, 0.4) is 0 Å². The van der Waals surface area contributed by atoms with Crippen molar-refractivity contribution >= 4 is 33.7 Å². The number of morpholine rings is 1. The van der Waals surface area contributed by atoms with Crippen LogP contribution in [0.25, 0.3) is 33.1 Å². The molecule has 0 spiro atoms. The lowest BCUT2D eigenvalue weighted by Crippen LogP contribution is -2.40. The minimum Gasteiger partial charge on any atom is -0.382 e. The normalized spacial score (nSPS) is 14.2. The molecule has 0 aliphatic carbocycles. The zero-order valence-electron chi connectivity index (χ0n) is 21.3. The van der Waals surface area contributed by atoms with Gasteiger partial charge in [-0.05, 0) is 55.7 Å². The van der Waals surface area contributed by atoms with Crippen molar-refractivity contribution in [2.75, 3.05) is 37.5 Å². The fraction of sp³-hybridized carbons (Fsp3) is 0.393. The maximum atomic E-state index is 13.0. The van der Waals surface area contributed by atoms with Crippen LogP contribution in [0.1, 0.15) is 49.8 Å². The number of ether oxygens (including phenoxy) is 1. The minimum absolute atomic E-state index is 0.0355. The number of fused-ring (bicyclic) bond motifs is 3. The summed E-state index contributed by atoms with van der Waals surface area (Å²) >= 11 is 0. The van der Waals surface area contributed by atoms with Gasteiger partial charge in [-0.25, -0.2) is 14.6 Å². The Kier molecular flexibility index (Phi) is 6.78. The van der Waals surface area contributed by atoms with E-state index in [2.05, 4.69) is 43.0 Å². The first kappa shape index (κ1) is 24.1. The number of benzene rings is 2. The van der Waals surface area contributed by atoms with E-state index in [1.165, 1.54) is 0 Å². The molecule has 3 heterocycles. The maximum Gasteiger partial charge on any atom is 0.254 e. The number of hydrogen-bond donors (Lipinski definition) is 2. The zero-order chi connectivity index (χ0) is 25.2. The number of pyridine rings is 1. The molecule has 5 rings (SSSR count). The number of amides is 1. The number of imidazole rings is 1. The molecule has 0 saturated carbocycles. The number of hydrogen-bond acceptors (Lipinski definition) is 6. The molecule has 3 N–H and O–H groups in total. The van der Waals surface area contributed by atoms with Crippen LogP contribution in [0.4, 0.5) is 5.82 Å². The number of anilines is 1. The highest BCUT2D eigenvalue weighted by Crippen LogP contribution is 2.32. The van der Waals surface area contributed by atoms with Gasteiger partial charge in [0.05, 0.1) is 18.7 Å². The van der Waals surface area contributed by atoms with Crippen LogP contribution in [-0.2, 0) is 11.2 Å². The van der Waals surface area contributed by atoms with E-state index in [4.69, 9.17) is 20.4 Å². The highest BCUT2D eigenvalue weighted by molar-refractivity contribution is 6.07. The Hall–Kier alpha value is -3.65. The highest BCUT2D eigenvalue weighted by Gasteiger charge is 2.20. The van der Waals surface area contributed by atoms with Crippen molar-refractivity contribution < 1.29 is 9.53 Å². The minimum atomic E-state index is 0.0355. The van der Waals surface area contributed by atoms with Crippen molar-refractivity contribution in [2.45, 2.75) is 46.1 Å². The number of carbonyl (C=O) groups excluding carboxylic acids is 1. The van der Waals surface area contributed by atoms with Gasteiger partial charge in [-0.15, -0.1) is 0 Å². The second kappa shape index (κ2) is 10.1. The van der Waals surface area contributed by atoms with E-state index < -0.39 is 0 Å². The topological polar surface area (TPSA) is 98.3 Å². The average molecular weight is 487 g/mol. The molecule has 1 aliphatic heterocycles. The fourth-order valence-corrected chi connectivity index (χ4v) is 4.76. The molecule has 0 unspecified atom stereocenters. The van der Waals surface area contributed by atoms with Gasteiger partial charge in [0.25, 0.3) is 5.91 Å². The Labute approximate surface area is 211 Å². The fourth-order valence-electron chi connectivity index (χ4n) is 4.76. The summed E-state index contributed by atoms with van der Waals surface area (Å²) in [5.74, 6) is 1.43. The van der Waals surface area contributed by atoms with Crippen LogP contribution in [0.5, 0.6) is 0 Å². The molecule has 8 heteroatoms. The van der Waals surface area contributed by atoms with Crippen LogP contribution >= 0.6 is 0 Å². The lowest BCUT2D eigenvalue weighted by Gasteiger charge is -2.27. The summed E-state index contributed by atoms with van der Waals surface area (Å²) in [5.41, 5.74) is 15.1. The Morgan fingerprint density at radius 2 is 1.89 bits per heavy atom. The molecule has 1 amide bonds. The van der Waals surface area contributed by atoms with E-state index in [9.17, 15) is 4.79 Å². The van der Waals surface area contributed by atoms with E-state index in [-0.39, 0.29) is 11.9 Å². The van der Waals surface area contributed by atoms with E-state index >= 15 is 0 Å². The molecule has 0 bridgehead atoms. The van der Waals surface area contributed by atoms with Crippen LogP contribution < -0.4 is 11.2 Å². The van der Waals surface area contributed by atoms with Crippen molar-refractivity contribution in [1.29, 1.82) is 0 Å². The van der Waals surface area contributed by atoms with Gasteiger partial charge < -0.3 is 20.8 Å². The standard InChI is InChI=1S/C28H34N6O2/c1-4-5-9-24-31-25-26(34(24)32-18(2)3)22-11-10-20(17-23(22)30-27(25)29)19-7-6-8-21(16-19)28(35)33-12-14-36-15-13-33/h6-8,10-11,16-18,32H,4-5,9,12-15H2,1-3H3,(H2,29,30). The van der Waals surface area contributed by atoms with Crippen LogP contribution in [0.2, 0.25) is 0 Å². The maximum absolute atomic E-state index is 13.0. The van der Waals surface area contributed by atoms with Gasteiger partial charge in [0, 0.05) is 36.5 Å². The summed E-state index contributed by atoms with van der Waals surface area (Å²) < 4.78 is 7.48. The molecule has 1 aliphatic rings. The SMILES string of the molecule is CCCCc1nc2c(N)nc3cc(-c4cccc(C(=O)N5CCOCC5)c4)ccc3c2n1NC(C)C. The molecule has 4 aromatic rings. The van der Waals surface area contributed by atoms with Gasteiger partial charge in [0.15, 0.2) is 5.82 Å². The number of aryl methyl sites for hydroxylation is 1. The first-order valence-corrected chi connectivity index (χ1v) is 12.8. The summed E-state index contributed by atoms with van der Waals surface area (Å²) in [4.78, 5) is 24.5. The number of aromatic nitrogens is 3. The predicted molar refractivity (Wildman–Crippen MR) is 145 cm³/mol. The third kappa shape index (κ3) is 4.60. The van der Waals surface area contributed by atoms with Gasteiger partial charge in [-0.2, -0.15) is 0 Å². The van der Waals surface area contributed by atoms with E-state index in [0.29, 0.717) is 37.7 Å². The van der Waals surface area contributed by atoms with Crippen molar-refractivity contribution in [3.05, 3.63) is 53.9 Å². The molecule has 0 atom stereocenters. The molecule has 1 fully saturated rings. The number of unbranched alkanes of at least 4 members (excludes halogenated alkanes) is 1. The van der Waals surface area contributed by atoms with E-state index in [1.807, 2.05) is 35.2 Å². The first-order chi connectivity index (χ1) is 17.5. The molecule has 36 heavy (non-hydrogen) atoms. The van der Waals surface area contributed by atoms with E-state index in [0.717, 1.165) is 58.2 Å². The number of carbonyl (C=O) groups is 1. The Morgan fingerprint density at radius 1 is 1.11 bits per heavy atom. The van der Waals surface area contributed by atoms with Crippen LogP contribution in [-0.4, -0.2) is 57.8 Å². The summed E-state index contributed by atoms with van der Waals surface area (Å²) in [7, 11) is 0. The molecular formula is C28H34N6O2. The molecule has 8 nitrogen and oxygen atoms in total. The smallest absolute Gasteiger partial charge is 0.254 e. The van der Waals surface area contributed by atoms with Gasteiger partial charge in [0.1, 0.15) is 16.9 Å². The number of nitrogens with one attached hydrogen (secondary N) is 1. The summed E-state index contributed by atoms with van der Waals surface area (Å²) in [5, 5.41) is 0.992. The van der Waals surface area contributed by atoms with Gasteiger partial charge in [-0.3, -0.25) is 4.79 Å². The molecule has 1 saturated heterocycles. The third-order valence-corrected chi connectivity index (χ3v) is 6.57. The van der Waals surface area contributed by atoms with Crippen molar-refractivity contribution in [3.8, 4) is 11.1 Å². The largest absolute Gasteiger partial charge is 0.382 e. The van der Waals surface area contributed by atoms with Gasteiger partial charge in [0.2, 0.25) is 0 Å². The number of nitrogen functional groups attached to an aromatic ring is 1. The monoisotopic (exact) mass is 486 g/mol. The van der Waals surface area contributed by atoms with Crippen LogP contribution in [0, 0.1) is 0 Å². The highest BCUT2D eigenvalue weighted by atomic mass is 16.5. The lowest BCUT2D eigenvalue weighted by atomic mass is 10.0. The number of nitrogens with zero attached hydrogens (tertiary/aromatic N) is 4. The summed E-state index contributed by atoms with van der Waals surface area (Å²) in [6, 6.07) is 14.2. The summed E-state index contributed by atoms with van der Waals surface area (Å²) in [6.07, 6.45) is 3.02. The molecule has 2 aromatic carbocycles. The lowest BCUT2D eigenvalue weighted by molar-refractivity contribution is 0.0303. The molecule has 188 valence electrons. The van der Waals surface area contributed by atoms with Gasteiger partial charge >= 0.3 is 0 Å². The average Bonchev–Trinajstić information content (AvgIpc) is 3.25.